The van der Waals surface area contributed by atoms with Gasteiger partial charge in [-0.2, -0.15) is 0 Å². The Labute approximate surface area is 447 Å². The topological polar surface area (TPSA) is 40.8 Å². The van der Waals surface area contributed by atoms with E-state index in [0.29, 0.717) is 17.1 Å². The summed E-state index contributed by atoms with van der Waals surface area (Å²) in [5, 5.41) is 4.48. The van der Waals surface area contributed by atoms with Gasteiger partial charge in [-0.05, 0) is 122 Å². The predicted molar refractivity (Wildman–Crippen MR) is 311 cm³/mol. The Morgan fingerprint density at radius 3 is 1.82 bits per heavy atom. The van der Waals surface area contributed by atoms with Crippen molar-refractivity contribution in [3.05, 3.63) is 255 Å². The molecule has 0 bridgehead atoms. The molecule has 0 N–H and O–H groups in total. The molecule has 0 radical (unpaired) electrons. The zero-order valence-corrected chi connectivity index (χ0v) is 41.9. The maximum atomic E-state index is 9.37. The molecule has 0 saturated carbocycles. The summed E-state index contributed by atoms with van der Waals surface area (Å²) in [6, 6.07) is 69.2. The number of hydrogen-bond acceptors (Lipinski definition) is 2. The van der Waals surface area contributed by atoms with Gasteiger partial charge >= 0.3 is 0 Å². The summed E-state index contributed by atoms with van der Waals surface area (Å²) in [5.41, 5.74) is 15.3. The Balaban J connectivity index is 0.987. The van der Waals surface area contributed by atoms with E-state index in [0.717, 1.165) is 111 Å². The maximum absolute atomic E-state index is 9.37. The van der Waals surface area contributed by atoms with Crippen LogP contribution < -0.4 is 9.30 Å². The quantitative estimate of drug-likeness (QED) is 0.123. The van der Waals surface area contributed by atoms with E-state index in [-0.39, 0.29) is 23.1 Å². The Hall–Kier alpha value is -9.78. The molecule has 0 unspecified atom stereocenters. The fraction of sp³-hybridized carbons (Fsp3) is 0.0571. The highest BCUT2D eigenvalue weighted by Crippen LogP contribution is 2.48. The first-order chi connectivity index (χ1) is 39.4. The summed E-state index contributed by atoms with van der Waals surface area (Å²) in [7, 11) is 0. The van der Waals surface area contributed by atoms with Gasteiger partial charge in [-0.25, -0.2) is 4.98 Å². The summed E-state index contributed by atoms with van der Waals surface area (Å²) >= 11 is 0. The lowest BCUT2D eigenvalue weighted by Crippen LogP contribution is -2.32. The number of ether oxygens (including phenoxy) is 1. The molecule has 0 atom stereocenters. The third-order valence-electron chi connectivity index (χ3n) is 15.1. The molecule has 1 aliphatic heterocycles. The van der Waals surface area contributed by atoms with Gasteiger partial charge in [0.2, 0.25) is 0 Å². The van der Waals surface area contributed by atoms with Crippen molar-refractivity contribution in [2.75, 3.05) is 0 Å². The van der Waals surface area contributed by atoms with E-state index in [1.165, 1.54) is 5.56 Å². The van der Waals surface area contributed by atoms with Crippen molar-refractivity contribution in [2.45, 2.75) is 26.2 Å². The van der Waals surface area contributed by atoms with E-state index >= 15 is 0 Å². The van der Waals surface area contributed by atoms with Gasteiger partial charge < -0.3 is 9.30 Å². The molecule has 5 heterocycles. The van der Waals surface area contributed by atoms with Crippen molar-refractivity contribution < 1.29 is 16.2 Å². The molecule has 0 amide bonds. The molecule has 14 aromatic rings. The van der Waals surface area contributed by atoms with E-state index in [4.69, 9.17) is 13.8 Å². The van der Waals surface area contributed by atoms with E-state index in [1.54, 1.807) is 0 Å². The van der Waals surface area contributed by atoms with Crippen LogP contribution in [0.25, 0.3) is 122 Å². The summed E-state index contributed by atoms with van der Waals surface area (Å²) in [6.45, 7) is 6.65. The monoisotopic (exact) mass is 980 g/mol. The number of pyridine rings is 1. The first-order valence-corrected chi connectivity index (χ1v) is 25.6. The first kappa shape index (κ1) is 38.8. The van der Waals surface area contributed by atoms with Crippen LogP contribution >= 0.6 is 0 Å². The lowest BCUT2D eigenvalue weighted by molar-refractivity contribution is -0.571. The van der Waals surface area contributed by atoms with Crippen LogP contribution in [0.5, 0.6) is 11.5 Å². The normalized spacial score (nSPS) is 13.1. The van der Waals surface area contributed by atoms with Gasteiger partial charge in [0.15, 0.2) is 0 Å². The number of imidazole rings is 1. The average Bonchev–Trinajstić information content (AvgIpc) is 4.29. The van der Waals surface area contributed by atoms with Gasteiger partial charge in [0, 0.05) is 33.8 Å². The van der Waals surface area contributed by atoms with E-state index < -0.39 is 18.1 Å². The molecule has 4 aromatic heterocycles. The SMILES string of the molecule is [2H]c1c([2H])c([2H])c(-c2cccc3c2-c2cccc4c2[n+]([c-]n4-c2cccc(Oc4ccc5c6ccccc6n(-c6cc(C(C)(C)C)ccn6)c5c4)c2)-c2c(cccc2-n2c4ccccc4c4ccccc42)-c2ccccc2-3)c([2H])c1[2H]. The van der Waals surface area contributed by atoms with Gasteiger partial charge in [-0.1, -0.05) is 184 Å². The first-order valence-electron chi connectivity index (χ1n) is 28.1. The van der Waals surface area contributed by atoms with Crippen LogP contribution in [0.4, 0.5) is 0 Å². The second kappa shape index (κ2) is 16.9. The second-order valence-electron chi connectivity index (χ2n) is 20.5. The Kier molecular flexibility index (Phi) is 8.62. The fourth-order valence-electron chi connectivity index (χ4n) is 11.8. The summed E-state index contributed by atoms with van der Waals surface area (Å²) in [4.78, 5) is 4.91. The van der Waals surface area contributed by atoms with Crippen LogP contribution in [0, 0.1) is 6.33 Å². The number of rotatable bonds is 6. The van der Waals surface area contributed by atoms with Crippen molar-refractivity contribution in [3.8, 4) is 78.9 Å². The average molecular weight is 981 g/mol. The molecule has 0 fully saturated rings. The predicted octanol–water partition coefficient (Wildman–Crippen LogP) is 17.4. The number of aromatic nitrogens is 5. The number of fused-ring (bicyclic) bond motifs is 13. The lowest BCUT2D eigenvalue weighted by atomic mass is 9.85. The van der Waals surface area contributed by atoms with Gasteiger partial charge in [0.25, 0.3) is 6.33 Å². The molecule has 6 heteroatoms. The number of hydrogen-bond donors (Lipinski definition) is 0. The number of benzene rings is 10. The Morgan fingerprint density at radius 2 is 1.07 bits per heavy atom. The Bertz CT molecular complexity index is 4900. The summed E-state index contributed by atoms with van der Waals surface area (Å²) < 4.78 is 60.8. The van der Waals surface area contributed by atoms with Crippen LogP contribution in [0.1, 0.15) is 33.2 Å². The molecule has 10 aromatic carbocycles. The largest absolute Gasteiger partial charge is 0.458 e. The van der Waals surface area contributed by atoms with Crippen LogP contribution in [0.2, 0.25) is 0 Å². The highest BCUT2D eigenvalue weighted by Gasteiger charge is 2.29. The number of para-hydroxylation sites is 5. The van der Waals surface area contributed by atoms with Gasteiger partial charge in [-0.3, -0.25) is 13.7 Å². The Morgan fingerprint density at radius 1 is 0.487 bits per heavy atom. The summed E-state index contributed by atoms with van der Waals surface area (Å²) in [6.07, 6.45) is 5.83. The van der Waals surface area contributed by atoms with Crippen molar-refractivity contribution in [2.24, 2.45) is 0 Å². The van der Waals surface area contributed by atoms with Crippen LogP contribution in [-0.4, -0.2) is 18.7 Å². The van der Waals surface area contributed by atoms with Crippen LogP contribution in [-0.2, 0) is 5.41 Å². The fourth-order valence-corrected chi connectivity index (χ4v) is 11.8. The minimum atomic E-state index is -0.441. The number of nitrogens with zero attached hydrogens (tertiary/aromatic N) is 5. The van der Waals surface area contributed by atoms with Crippen molar-refractivity contribution in [1.82, 2.24) is 18.7 Å². The molecule has 1 aliphatic rings. The summed E-state index contributed by atoms with van der Waals surface area (Å²) in [5.74, 6) is 2.12. The van der Waals surface area contributed by atoms with Crippen LogP contribution in [0.15, 0.2) is 243 Å². The van der Waals surface area contributed by atoms with Crippen molar-refractivity contribution in [1.29, 1.82) is 0 Å². The highest BCUT2D eigenvalue weighted by atomic mass is 16.5. The molecule has 0 saturated heterocycles. The molecule has 0 spiro atoms. The smallest absolute Gasteiger partial charge is 0.269 e. The minimum Gasteiger partial charge on any atom is -0.458 e. The molecule has 360 valence electrons. The maximum Gasteiger partial charge on any atom is 0.269 e. The third kappa shape index (κ3) is 6.73. The highest BCUT2D eigenvalue weighted by molar-refractivity contribution is 6.11. The third-order valence-corrected chi connectivity index (χ3v) is 15.1. The van der Waals surface area contributed by atoms with E-state index in [2.05, 4.69) is 203 Å². The van der Waals surface area contributed by atoms with E-state index in [9.17, 15) is 2.74 Å². The minimum absolute atomic E-state index is 0.0699. The molecule has 6 nitrogen and oxygen atoms in total. The second-order valence-corrected chi connectivity index (χ2v) is 20.5. The van der Waals surface area contributed by atoms with Gasteiger partial charge in [0.05, 0.1) is 57.0 Å². The zero-order chi connectivity index (χ0) is 55.0. The van der Waals surface area contributed by atoms with Gasteiger partial charge in [-0.15, -0.1) is 0 Å². The lowest BCUT2D eigenvalue weighted by Gasteiger charge is -2.20. The molecule has 0 aliphatic carbocycles. The zero-order valence-electron chi connectivity index (χ0n) is 46.9. The van der Waals surface area contributed by atoms with Gasteiger partial charge in [0.1, 0.15) is 17.3 Å². The molecule has 76 heavy (non-hydrogen) atoms. The van der Waals surface area contributed by atoms with Crippen LogP contribution in [0.3, 0.4) is 0 Å². The van der Waals surface area contributed by atoms with Crippen molar-refractivity contribution in [3.63, 3.8) is 0 Å². The molecular formula is C70H49N5O. The van der Waals surface area contributed by atoms with Crippen molar-refractivity contribution >= 4 is 54.6 Å². The molecular weight excluding hydrogens is 927 g/mol. The molecule has 15 rings (SSSR count). The standard InChI is InChI=1S/C70H49N5O/c1-70(2,3)46-39-40-71-66(41-46)75-62-34-14-11-27-55(62)56-38-37-49(43-65(56)75)76-48-22-15-21-47(42-48)72-44-73-68-58(30-17-36-64(68)74-60-32-12-9-25-53(60)54-26-10-13-33-61(54)74)52-24-8-7-23-51(52)57-29-16-28-50(45-19-5-4-6-20-45)67(57)59-31-18-35-63(72)69(59)73/h4-43H,1-3H3/i4D,5D,6D,19D,20D. The van der Waals surface area contributed by atoms with E-state index in [1.807, 2.05) is 54.7 Å².